The molecule has 2 heterocycles. The highest BCUT2D eigenvalue weighted by molar-refractivity contribution is 6.58. The van der Waals surface area contributed by atoms with Gasteiger partial charge in [-0.3, -0.25) is 24.1 Å². The number of halogens is 7. The first-order valence-electron chi connectivity index (χ1n) is 18.9. The van der Waals surface area contributed by atoms with E-state index >= 15 is 8.78 Å². The lowest BCUT2D eigenvalue weighted by Gasteiger charge is -2.51. The molecule has 0 bridgehead atoms. The monoisotopic (exact) mass is 873 g/mol. The number of hydrogen-bond acceptors (Lipinski definition) is 8. The van der Waals surface area contributed by atoms with Gasteiger partial charge in [-0.15, -0.1) is 23.2 Å². The Morgan fingerprint density at radius 3 is 1.92 bits per heavy atom. The van der Waals surface area contributed by atoms with Gasteiger partial charge in [-0.25, -0.2) is 26.9 Å². The molecule has 3 fully saturated rings. The molecular weight excluding hydrogens is 844 g/mol. The zero-order chi connectivity index (χ0) is 43.4. The number of fused-ring (bicyclic) bond motifs is 5. The number of phenolic OH excluding ortho intramolecular Hbond substituents is 1. The molecule has 10 nitrogen and oxygen atoms in total. The predicted molar refractivity (Wildman–Crippen MR) is 216 cm³/mol. The van der Waals surface area contributed by atoms with Crippen molar-refractivity contribution in [3.8, 4) is 5.75 Å². The van der Waals surface area contributed by atoms with Crippen molar-refractivity contribution in [3.05, 3.63) is 131 Å². The topological polar surface area (TPSA) is 123 Å². The maximum Gasteiger partial charge on any atom is 0.258 e. The third kappa shape index (κ3) is 5.66. The summed E-state index contributed by atoms with van der Waals surface area (Å²) in [5.74, 6) is -22.4. The Kier molecular flexibility index (Phi) is 9.36. The molecule has 2 saturated heterocycles. The van der Waals surface area contributed by atoms with Crippen molar-refractivity contribution in [2.75, 3.05) is 28.8 Å². The van der Waals surface area contributed by atoms with Gasteiger partial charge < -0.3 is 10.0 Å². The molecule has 5 aromatic rings. The van der Waals surface area contributed by atoms with Crippen LogP contribution < -0.4 is 14.7 Å². The van der Waals surface area contributed by atoms with Gasteiger partial charge in [-0.05, 0) is 84.1 Å². The lowest BCUT2D eigenvalue weighted by molar-refractivity contribution is -0.125. The molecule has 310 valence electrons. The molecule has 0 aromatic heterocycles. The van der Waals surface area contributed by atoms with Crippen LogP contribution in [-0.2, 0) is 19.2 Å². The zero-order valence-corrected chi connectivity index (χ0v) is 33.4. The van der Waals surface area contributed by atoms with Crippen molar-refractivity contribution in [2.24, 2.45) is 28.0 Å². The Balaban J connectivity index is 1.14. The van der Waals surface area contributed by atoms with Crippen molar-refractivity contribution >= 4 is 86.0 Å². The van der Waals surface area contributed by atoms with Crippen LogP contribution in [0.2, 0.25) is 0 Å². The van der Waals surface area contributed by atoms with E-state index in [2.05, 4.69) is 10.2 Å². The zero-order valence-electron chi connectivity index (χ0n) is 31.8. The SMILES string of the molecule is CN(C)c1ccc(N=Nc2ccc(N3C(=O)[C@H]4[C@H](CC=C5[C@H]4C[C@@]4(Cl)C(=O)N(c6c(F)c(F)c(F)c(F)c6F)C(=O)[C@@]4(Cl)[C@H]5c4c(O)ccc5ccccc45)C3=O)cc2)cc1. The number of allylic oxidation sites excluding steroid dienone is 2. The fourth-order valence-corrected chi connectivity index (χ4v) is 10.2. The second-order valence-corrected chi connectivity index (χ2v) is 16.8. The van der Waals surface area contributed by atoms with Crippen LogP contribution >= 0.6 is 23.2 Å². The number of amides is 4. The quantitative estimate of drug-likeness (QED) is 0.0345. The Morgan fingerprint density at radius 2 is 1.30 bits per heavy atom. The third-order valence-electron chi connectivity index (χ3n) is 12.2. The summed E-state index contributed by atoms with van der Waals surface area (Å²) in [4.78, 5) is 55.3. The highest BCUT2D eigenvalue weighted by Crippen LogP contribution is 2.67. The molecule has 0 unspecified atom stereocenters. The second kappa shape index (κ2) is 14.2. The summed E-state index contributed by atoms with van der Waals surface area (Å²) >= 11 is 14.6. The molecule has 0 radical (unpaired) electrons. The smallest absolute Gasteiger partial charge is 0.258 e. The van der Waals surface area contributed by atoms with E-state index in [4.69, 9.17) is 23.2 Å². The van der Waals surface area contributed by atoms with Crippen LogP contribution in [0, 0.1) is 46.8 Å². The van der Waals surface area contributed by atoms with Crippen molar-refractivity contribution < 1.29 is 46.2 Å². The fourth-order valence-electron chi connectivity index (χ4n) is 9.33. The highest BCUT2D eigenvalue weighted by Gasteiger charge is 2.77. The van der Waals surface area contributed by atoms with Crippen molar-refractivity contribution in [2.45, 2.75) is 28.5 Å². The first kappa shape index (κ1) is 40.2. The Hall–Kier alpha value is -6.19. The lowest BCUT2D eigenvalue weighted by Crippen LogP contribution is -2.60. The van der Waals surface area contributed by atoms with E-state index in [0.717, 1.165) is 10.6 Å². The van der Waals surface area contributed by atoms with Crippen LogP contribution in [0.25, 0.3) is 10.8 Å². The molecule has 2 aliphatic carbocycles. The summed E-state index contributed by atoms with van der Waals surface area (Å²) in [7, 11) is 3.81. The number of phenols is 1. The number of imide groups is 2. The molecule has 0 spiro atoms. The van der Waals surface area contributed by atoms with Gasteiger partial charge in [0.05, 0.1) is 28.9 Å². The second-order valence-electron chi connectivity index (χ2n) is 15.6. The number of alkyl halides is 2. The molecular formula is C44H30Cl2F5N5O5. The van der Waals surface area contributed by atoms with E-state index in [1.165, 1.54) is 18.2 Å². The van der Waals surface area contributed by atoms with Gasteiger partial charge in [0.1, 0.15) is 11.4 Å². The van der Waals surface area contributed by atoms with Gasteiger partial charge in [0.2, 0.25) is 17.6 Å². The fraction of sp³-hybridized carbons (Fsp3) is 0.227. The number of carbonyl (C=O) groups is 4. The van der Waals surface area contributed by atoms with Crippen LogP contribution in [0.3, 0.4) is 0 Å². The average molecular weight is 875 g/mol. The van der Waals surface area contributed by atoms with Gasteiger partial charge >= 0.3 is 0 Å². The molecule has 61 heavy (non-hydrogen) atoms. The number of nitrogens with zero attached hydrogens (tertiary/aromatic N) is 5. The number of aromatic hydroxyl groups is 1. The van der Waals surface area contributed by atoms with Crippen LogP contribution in [-0.4, -0.2) is 52.6 Å². The highest BCUT2D eigenvalue weighted by atomic mass is 35.5. The Bertz CT molecular complexity index is 2800. The van der Waals surface area contributed by atoms with Crippen molar-refractivity contribution in [3.63, 3.8) is 0 Å². The van der Waals surface area contributed by atoms with E-state index < -0.39 is 104 Å². The molecule has 4 amide bonds. The van der Waals surface area contributed by atoms with Crippen LogP contribution in [0.15, 0.2) is 107 Å². The number of anilines is 3. The van der Waals surface area contributed by atoms with E-state index in [9.17, 15) is 37.5 Å². The third-order valence-corrected chi connectivity index (χ3v) is 13.6. The molecule has 1 N–H and O–H groups in total. The summed E-state index contributed by atoms with van der Waals surface area (Å²) in [6.45, 7) is 0. The number of rotatable bonds is 6. The van der Waals surface area contributed by atoms with Crippen molar-refractivity contribution in [1.82, 2.24) is 0 Å². The summed E-state index contributed by atoms with van der Waals surface area (Å²) in [5, 5.41) is 20.9. The minimum Gasteiger partial charge on any atom is -0.508 e. The van der Waals surface area contributed by atoms with E-state index in [1.54, 1.807) is 60.7 Å². The first-order chi connectivity index (χ1) is 29.0. The summed E-state index contributed by atoms with van der Waals surface area (Å²) in [6.07, 6.45) is 0.801. The van der Waals surface area contributed by atoms with E-state index in [0.29, 0.717) is 22.1 Å². The number of benzene rings is 5. The van der Waals surface area contributed by atoms with Crippen LogP contribution in [0.1, 0.15) is 24.3 Å². The molecule has 9 rings (SSSR count). The number of hydrogen-bond donors (Lipinski definition) is 1. The summed E-state index contributed by atoms with van der Waals surface area (Å²) in [5.41, 5.74) is 0.425. The molecule has 6 atom stereocenters. The lowest BCUT2D eigenvalue weighted by atomic mass is 9.56. The molecule has 4 aliphatic rings. The minimum absolute atomic E-state index is 0.0556. The van der Waals surface area contributed by atoms with Gasteiger partial charge in [0.25, 0.3) is 11.8 Å². The Labute approximate surface area is 353 Å². The average Bonchev–Trinajstić information content (AvgIpc) is 3.59. The van der Waals surface area contributed by atoms with Gasteiger partial charge in [-0.2, -0.15) is 10.2 Å². The van der Waals surface area contributed by atoms with Gasteiger partial charge in [0.15, 0.2) is 33.0 Å². The van der Waals surface area contributed by atoms with E-state index in [1.807, 2.05) is 31.1 Å². The minimum atomic E-state index is -2.80. The maximum absolute atomic E-state index is 15.5. The van der Waals surface area contributed by atoms with Crippen LogP contribution in [0.5, 0.6) is 5.75 Å². The van der Waals surface area contributed by atoms with E-state index in [-0.39, 0.29) is 28.1 Å². The summed E-state index contributed by atoms with van der Waals surface area (Å²) < 4.78 is 74.5. The largest absolute Gasteiger partial charge is 0.508 e. The van der Waals surface area contributed by atoms with Gasteiger partial charge in [0, 0.05) is 31.3 Å². The van der Waals surface area contributed by atoms with Gasteiger partial charge in [-0.1, -0.05) is 42.0 Å². The Morgan fingerprint density at radius 1 is 0.705 bits per heavy atom. The van der Waals surface area contributed by atoms with Crippen LogP contribution in [0.4, 0.5) is 50.4 Å². The predicted octanol–water partition coefficient (Wildman–Crippen LogP) is 9.49. The number of carbonyl (C=O) groups excluding carboxylic acids is 4. The summed E-state index contributed by atoms with van der Waals surface area (Å²) in [6, 6.07) is 22.9. The number of azo groups is 1. The molecule has 5 aromatic carbocycles. The maximum atomic E-state index is 15.5. The van der Waals surface area contributed by atoms with Crippen molar-refractivity contribution in [1.29, 1.82) is 0 Å². The molecule has 1 saturated carbocycles. The molecule has 2 aliphatic heterocycles. The standard InChI is InChI=1S/C44H30Cl2F5N5O5/c1-54(2)23-12-8-21(9-13-23)52-53-22-10-14-24(15-11-22)55-39(58)27-17-16-26-28(30(27)40(55)59)19-43(45)41(60)56(38-36(50)34(48)33(47)35(49)37(38)51)42(61)44(43,46)32(26)31-25-6-4-3-5-20(25)7-18-29(31)57/h3-16,18,27-28,30,32,57H,17,19H2,1-2H3/t27-,28+,30-,32+,43+,44-/m0/s1. The first-order valence-corrected chi connectivity index (χ1v) is 19.6. The molecule has 17 heteroatoms. The normalized spacial score (nSPS) is 26.0.